The van der Waals surface area contributed by atoms with Crippen LogP contribution in [0.25, 0.3) is 0 Å². The number of hydrogen-bond donors (Lipinski definition) is 1. The molecule has 1 saturated heterocycles. The van der Waals surface area contributed by atoms with E-state index >= 15 is 0 Å². The van der Waals surface area contributed by atoms with E-state index in [1.807, 2.05) is 0 Å². The Bertz CT molecular complexity index is 62.0. The van der Waals surface area contributed by atoms with Crippen LogP contribution in [0.15, 0.2) is 0 Å². The van der Waals surface area contributed by atoms with E-state index in [1.165, 1.54) is 25.9 Å². The van der Waals surface area contributed by atoms with Crippen molar-refractivity contribution in [3.05, 3.63) is 0 Å². The SMILES string of the molecule is C1CCNC1.CC(C)N(C)C. The number of nitrogens with one attached hydrogen (secondary N) is 1. The zero-order valence-electron chi connectivity index (χ0n) is 8.35. The van der Waals surface area contributed by atoms with Gasteiger partial charge in [-0.2, -0.15) is 0 Å². The molecule has 0 saturated carbocycles. The molecule has 1 aliphatic rings. The summed E-state index contributed by atoms with van der Waals surface area (Å²) in [6.07, 6.45) is 2.78. The van der Waals surface area contributed by atoms with Gasteiger partial charge in [-0.15, -0.1) is 0 Å². The van der Waals surface area contributed by atoms with Crippen LogP contribution in [-0.4, -0.2) is 38.1 Å². The summed E-state index contributed by atoms with van der Waals surface area (Å²) >= 11 is 0. The zero-order valence-corrected chi connectivity index (χ0v) is 8.35. The Morgan fingerprint density at radius 2 is 1.45 bits per heavy atom. The molecule has 1 heterocycles. The van der Waals surface area contributed by atoms with Crippen LogP contribution in [-0.2, 0) is 0 Å². The van der Waals surface area contributed by atoms with E-state index in [0.29, 0.717) is 6.04 Å². The molecule has 1 N–H and O–H groups in total. The second-order valence-corrected chi connectivity index (χ2v) is 3.51. The van der Waals surface area contributed by atoms with E-state index in [4.69, 9.17) is 0 Å². The van der Waals surface area contributed by atoms with Gasteiger partial charge in [0.2, 0.25) is 0 Å². The topological polar surface area (TPSA) is 15.3 Å². The van der Waals surface area contributed by atoms with E-state index in [-0.39, 0.29) is 0 Å². The van der Waals surface area contributed by atoms with Crippen LogP contribution in [0.5, 0.6) is 0 Å². The van der Waals surface area contributed by atoms with Gasteiger partial charge >= 0.3 is 0 Å². The summed E-state index contributed by atoms with van der Waals surface area (Å²) < 4.78 is 0. The molecule has 1 rings (SSSR count). The quantitative estimate of drug-likeness (QED) is 0.619. The zero-order chi connectivity index (χ0) is 8.69. The molecule has 0 aromatic carbocycles. The molecule has 0 aromatic heterocycles. The lowest BCUT2D eigenvalue weighted by Crippen LogP contribution is -2.20. The summed E-state index contributed by atoms with van der Waals surface area (Å²) in [6, 6.07) is 0.685. The Morgan fingerprint density at radius 1 is 1.09 bits per heavy atom. The Morgan fingerprint density at radius 3 is 1.55 bits per heavy atom. The first kappa shape index (κ1) is 10.9. The molecule has 2 nitrogen and oxygen atoms in total. The number of rotatable bonds is 1. The molecule has 0 spiro atoms. The monoisotopic (exact) mass is 158 g/mol. The summed E-state index contributed by atoms with van der Waals surface area (Å²) in [6.45, 7) is 6.83. The summed E-state index contributed by atoms with van der Waals surface area (Å²) in [5.74, 6) is 0. The molecule has 1 aliphatic heterocycles. The predicted molar refractivity (Wildman–Crippen MR) is 50.9 cm³/mol. The lowest BCUT2D eigenvalue weighted by atomic mass is 10.4. The van der Waals surface area contributed by atoms with E-state index in [0.717, 1.165) is 0 Å². The van der Waals surface area contributed by atoms with Gasteiger partial charge in [0.1, 0.15) is 0 Å². The van der Waals surface area contributed by atoms with Crippen molar-refractivity contribution in [1.82, 2.24) is 10.2 Å². The molecule has 0 atom stereocenters. The van der Waals surface area contributed by atoms with Gasteiger partial charge in [-0.3, -0.25) is 0 Å². The molecule has 0 bridgehead atoms. The molecule has 68 valence electrons. The Labute approximate surface area is 71.0 Å². The fourth-order valence-electron chi connectivity index (χ4n) is 0.625. The van der Waals surface area contributed by atoms with Crippen LogP contribution in [0.3, 0.4) is 0 Å². The maximum absolute atomic E-state index is 3.22. The smallest absolute Gasteiger partial charge is 0.00324 e. The Hall–Kier alpha value is -0.0800. The van der Waals surface area contributed by atoms with Gasteiger partial charge in [0.15, 0.2) is 0 Å². The van der Waals surface area contributed by atoms with Crippen LogP contribution in [0.4, 0.5) is 0 Å². The van der Waals surface area contributed by atoms with Gasteiger partial charge in [-0.25, -0.2) is 0 Å². The number of nitrogens with zero attached hydrogens (tertiary/aromatic N) is 1. The van der Waals surface area contributed by atoms with Gasteiger partial charge in [0, 0.05) is 6.04 Å². The van der Waals surface area contributed by atoms with Gasteiger partial charge in [0.05, 0.1) is 0 Å². The molecule has 11 heavy (non-hydrogen) atoms. The van der Waals surface area contributed by atoms with Gasteiger partial charge < -0.3 is 10.2 Å². The Balaban J connectivity index is 0.000000183. The average molecular weight is 158 g/mol. The highest BCUT2D eigenvalue weighted by Crippen LogP contribution is 1.90. The molecule has 0 aliphatic carbocycles. The first-order chi connectivity index (χ1) is 5.14. The maximum atomic E-state index is 3.22. The highest BCUT2D eigenvalue weighted by molar-refractivity contribution is 4.55. The van der Waals surface area contributed by atoms with Crippen LogP contribution in [0, 0.1) is 0 Å². The third kappa shape index (κ3) is 7.82. The highest BCUT2D eigenvalue weighted by atomic mass is 15.1. The van der Waals surface area contributed by atoms with Crippen molar-refractivity contribution in [2.45, 2.75) is 32.7 Å². The van der Waals surface area contributed by atoms with Crippen LogP contribution >= 0.6 is 0 Å². The fraction of sp³-hybridized carbons (Fsp3) is 1.00. The average Bonchev–Trinajstić information content (AvgIpc) is 2.41. The normalized spacial score (nSPS) is 16.9. The van der Waals surface area contributed by atoms with Crippen molar-refractivity contribution in [3.8, 4) is 0 Å². The van der Waals surface area contributed by atoms with Crippen molar-refractivity contribution in [2.75, 3.05) is 27.2 Å². The lowest BCUT2D eigenvalue weighted by molar-refractivity contribution is 0.335. The minimum atomic E-state index is 0.685. The molecule has 1 fully saturated rings. The lowest BCUT2D eigenvalue weighted by Gasteiger charge is -2.12. The molecule has 0 radical (unpaired) electrons. The molecule has 0 amide bonds. The summed E-state index contributed by atoms with van der Waals surface area (Å²) in [5, 5.41) is 3.22. The van der Waals surface area contributed by atoms with E-state index in [2.05, 4.69) is 38.2 Å². The fourth-order valence-corrected chi connectivity index (χ4v) is 0.625. The number of hydrogen-bond acceptors (Lipinski definition) is 2. The molecule has 2 heteroatoms. The van der Waals surface area contributed by atoms with Crippen LogP contribution in [0.2, 0.25) is 0 Å². The minimum Gasteiger partial charge on any atom is -0.317 e. The molecule has 0 unspecified atom stereocenters. The summed E-state index contributed by atoms with van der Waals surface area (Å²) in [4.78, 5) is 2.17. The largest absolute Gasteiger partial charge is 0.317 e. The van der Waals surface area contributed by atoms with Gasteiger partial charge in [-0.05, 0) is 53.9 Å². The standard InChI is InChI=1S/C5H13N.C4H9N/c1-5(2)6(3)4;1-2-4-5-3-1/h5H,1-4H3;5H,1-4H2. The van der Waals surface area contributed by atoms with E-state index in [1.54, 1.807) is 0 Å². The van der Waals surface area contributed by atoms with Gasteiger partial charge in [-0.1, -0.05) is 0 Å². The second-order valence-electron chi connectivity index (χ2n) is 3.51. The van der Waals surface area contributed by atoms with Crippen molar-refractivity contribution in [2.24, 2.45) is 0 Å². The Kier molecular flexibility index (Phi) is 6.57. The highest BCUT2D eigenvalue weighted by Gasteiger charge is 1.93. The van der Waals surface area contributed by atoms with Crippen molar-refractivity contribution in [1.29, 1.82) is 0 Å². The van der Waals surface area contributed by atoms with Gasteiger partial charge in [0.25, 0.3) is 0 Å². The van der Waals surface area contributed by atoms with Crippen molar-refractivity contribution < 1.29 is 0 Å². The third-order valence-corrected chi connectivity index (χ3v) is 1.99. The predicted octanol–water partition coefficient (Wildman–Crippen LogP) is 1.33. The maximum Gasteiger partial charge on any atom is 0.00324 e. The van der Waals surface area contributed by atoms with Crippen molar-refractivity contribution in [3.63, 3.8) is 0 Å². The molecule has 0 aromatic rings. The molecular formula is C9H22N2. The van der Waals surface area contributed by atoms with Crippen LogP contribution in [0.1, 0.15) is 26.7 Å². The summed E-state index contributed by atoms with van der Waals surface area (Å²) in [7, 11) is 4.15. The van der Waals surface area contributed by atoms with E-state index < -0.39 is 0 Å². The van der Waals surface area contributed by atoms with Crippen molar-refractivity contribution >= 4 is 0 Å². The van der Waals surface area contributed by atoms with E-state index in [9.17, 15) is 0 Å². The van der Waals surface area contributed by atoms with Crippen LogP contribution < -0.4 is 5.32 Å². The first-order valence-corrected chi connectivity index (χ1v) is 4.51. The third-order valence-electron chi connectivity index (χ3n) is 1.99. The summed E-state index contributed by atoms with van der Waals surface area (Å²) in [5.41, 5.74) is 0. The molecular weight excluding hydrogens is 136 g/mol. The second kappa shape index (κ2) is 6.62. The first-order valence-electron chi connectivity index (χ1n) is 4.51. The minimum absolute atomic E-state index is 0.685.